The first-order chi connectivity index (χ1) is 28.7. The summed E-state index contributed by atoms with van der Waals surface area (Å²) < 4.78 is 0. The van der Waals surface area contributed by atoms with E-state index in [-0.39, 0.29) is 0 Å². The Kier molecular flexibility index (Phi) is 21.0. The fourth-order valence-corrected chi connectivity index (χ4v) is 6.94. The van der Waals surface area contributed by atoms with E-state index in [2.05, 4.69) is 219 Å². The minimum absolute atomic E-state index is 0.816. The van der Waals surface area contributed by atoms with Gasteiger partial charge in [-0.3, -0.25) is 0 Å². The van der Waals surface area contributed by atoms with Gasteiger partial charge < -0.3 is 4.90 Å². The van der Waals surface area contributed by atoms with Crippen molar-refractivity contribution in [1.82, 2.24) is 4.98 Å². The molecule has 0 aliphatic rings. The van der Waals surface area contributed by atoms with Gasteiger partial charge in [0.15, 0.2) is 0 Å². The summed E-state index contributed by atoms with van der Waals surface area (Å²) in [6, 6.07) is 44.7. The molecule has 2 heteroatoms. The Morgan fingerprint density at radius 1 is 0.678 bits per heavy atom. The number of benzene rings is 4. The maximum Gasteiger partial charge on any atom is 0.134 e. The van der Waals surface area contributed by atoms with E-state index < -0.39 is 0 Å². The van der Waals surface area contributed by atoms with Crippen LogP contribution in [0.4, 0.5) is 5.82 Å². The second kappa shape index (κ2) is 26.1. The van der Waals surface area contributed by atoms with Crippen molar-refractivity contribution in [1.29, 1.82) is 0 Å². The van der Waals surface area contributed by atoms with E-state index >= 15 is 0 Å². The summed E-state index contributed by atoms with van der Waals surface area (Å²) in [6.07, 6.45) is 17.7. The normalized spacial score (nSPS) is 11.9. The number of pyridine rings is 1. The topological polar surface area (TPSA) is 16.1 Å². The smallest absolute Gasteiger partial charge is 0.134 e. The molecule has 0 atom stereocenters. The van der Waals surface area contributed by atoms with Gasteiger partial charge in [-0.15, -0.1) is 0 Å². The van der Waals surface area contributed by atoms with Crippen LogP contribution in [0.2, 0.25) is 0 Å². The monoisotopic (exact) mass is 781 g/mol. The zero-order chi connectivity index (χ0) is 43.0. The predicted octanol–water partition coefficient (Wildman–Crippen LogP) is 16.9. The molecule has 5 rings (SSSR count). The molecule has 0 aliphatic heterocycles. The third-order valence-electron chi connectivity index (χ3n) is 10.0. The van der Waals surface area contributed by atoms with E-state index in [0.29, 0.717) is 0 Å². The standard InChI is InChI=1S/C32H32N2.C23H30.C2H6/c1-4-6-16-25(3)32(28-21-14-9-15-22-28)34(5-2)31-24-29(26-17-10-7-11-18-26)23-30(33-31)27-19-12-8-13-20-27;1-7-9-15-21(18(3)4)16-12-14-19(5)22(8-2)23-17-11-10-13-20(23)6;1-2/h4,6-15,17-24H,5,16H2,1-3H3;7,9-15,17H,1,8,16H2,2-6H3;1-2H3/b6-4-,32-25-;14-12-,15-9-,22-19+;. The van der Waals surface area contributed by atoms with Crippen LogP contribution in [-0.4, -0.2) is 11.5 Å². The molecule has 0 bridgehead atoms. The van der Waals surface area contributed by atoms with Crippen molar-refractivity contribution in [2.24, 2.45) is 0 Å². The summed E-state index contributed by atoms with van der Waals surface area (Å²) in [7, 11) is 0. The minimum Gasteiger partial charge on any atom is -0.326 e. The van der Waals surface area contributed by atoms with Crippen LogP contribution in [0.15, 0.2) is 199 Å². The van der Waals surface area contributed by atoms with Crippen molar-refractivity contribution >= 4 is 17.1 Å². The third-order valence-corrected chi connectivity index (χ3v) is 10.0. The number of nitrogens with zero attached hydrogens (tertiary/aromatic N) is 2. The van der Waals surface area contributed by atoms with Crippen LogP contribution < -0.4 is 4.90 Å². The Balaban J connectivity index is 0.000000326. The SMILES string of the molecule is C/C=C\C/C(C)=C(/c1ccccc1)N(CC)c1cc(-c2ccccc2)cc(-c2ccccc2)n1.C=C/C=C\C(C/C=C\C(C)=C(/CC)c1ccccc1C)=C(C)C.CC. The highest BCUT2D eigenvalue weighted by Crippen LogP contribution is 2.34. The molecule has 0 spiro atoms. The molecule has 0 aliphatic carbocycles. The van der Waals surface area contributed by atoms with Crippen LogP contribution in [0, 0.1) is 6.92 Å². The zero-order valence-corrected chi connectivity index (χ0v) is 37.6. The van der Waals surface area contributed by atoms with E-state index in [1.54, 1.807) is 0 Å². The number of anilines is 1. The Labute approximate surface area is 358 Å². The van der Waals surface area contributed by atoms with E-state index in [4.69, 9.17) is 4.98 Å². The number of hydrogen-bond acceptors (Lipinski definition) is 2. The Morgan fingerprint density at radius 3 is 1.83 bits per heavy atom. The summed E-state index contributed by atoms with van der Waals surface area (Å²) in [6.45, 7) is 26.0. The number of aromatic nitrogens is 1. The molecule has 306 valence electrons. The second-order valence-electron chi connectivity index (χ2n) is 14.4. The molecule has 4 aromatic carbocycles. The van der Waals surface area contributed by atoms with Gasteiger partial charge in [-0.1, -0.05) is 191 Å². The highest BCUT2D eigenvalue weighted by Gasteiger charge is 2.19. The van der Waals surface area contributed by atoms with Crippen molar-refractivity contribution in [2.75, 3.05) is 11.4 Å². The largest absolute Gasteiger partial charge is 0.326 e. The molecule has 0 saturated heterocycles. The lowest BCUT2D eigenvalue weighted by Gasteiger charge is -2.28. The molecular formula is C57H68N2. The maximum absolute atomic E-state index is 5.18. The first-order valence-corrected chi connectivity index (χ1v) is 21.4. The Bertz CT molecular complexity index is 2150. The lowest BCUT2D eigenvalue weighted by atomic mass is 9.94. The van der Waals surface area contributed by atoms with Crippen LogP contribution in [0.3, 0.4) is 0 Å². The van der Waals surface area contributed by atoms with E-state index in [1.807, 2.05) is 32.1 Å². The highest BCUT2D eigenvalue weighted by atomic mass is 15.2. The summed E-state index contributed by atoms with van der Waals surface area (Å²) in [5, 5.41) is 0. The van der Waals surface area contributed by atoms with Crippen LogP contribution in [0.1, 0.15) is 98.3 Å². The van der Waals surface area contributed by atoms with Gasteiger partial charge in [-0.2, -0.15) is 0 Å². The number of rotatable bonds is 15. The molecular weight excluding hydrogens is 713 g/mol. The van der Waals surface area contributed by atoms with Gasteiger partial charge in [0.25, 0.3) is 0 Å². The van der Waals surface area contributed by atoms with Crippen molar-refractivity contribution in [3.05, 3.63) is 215 Å². The third kappa shape index (κ3) is 14.4. The van der Waals surface area contributed by atoms with Crippen LogP contribution in [-0.2, 0) is 0 Å². The predicted molar refractivity (Wildman–Crippen MR) is 263 cm³/mol. The first kappa shape index (κ1) is 47.4. The Morgan fingerprint density at radius 2 is 1.27 bits per heavy atom. The van der Waals surface area contributed by atoms with Crippen molar-refractivity contribution < 1.29 is 0 Å². The fraction of sp³-hybridized carbons (Fsp3) is 0.246. The van der Waals surface area contributed by atoms with Crippen LogP contribution >= 0.6 is 0 Å². The average molecular weight is 781 g/mol. The molecule has 2 nitrogen and oxygen atoms in total. The van der Waals surface area contributed by atoms with Gasteiger partial charge in [0.2, 0.25) is 0 Å². The zero-order valence-electron chi connectivity index (χ0n) is 37.6. The number of aryl methyl sites for hydroxylation is 1. The van der Waals surface area contributed by atoms with Gasteiger partial charge in [0.1, 0.15) is 5.82 Å². The van der Waals surface area contributed by atoms with Crippen molar-refractivity contribution in [3.63, 3.8) is 0 Å². The molecule has 1 aromatic heterocycles. The molecule has 0 unspecified atom stereocenters. The highest BCUT2D eigenvalue weighted by molar-refractivity contribution is 5.83. The molecule has 5 aromatic rings. The average Bonchev–Trinajstić information content (AvgIpc) is 3.28. The number of hydrogen-bond donors (Lipinski definition) is 0. The van der Waals surface area contributed by atoms with Gasteiger partial charge in [-0.05, 0) is 130 Å². The van der Waals surface area contributed by atoms with Gasteiger partial charge in [0, 0.05) is 17.8 Å². The van der Waals surface area contributed by atoms with Crippen LogP contribution in [0.25, 0.3) is 33.7 Å². The first-order valence-electron chi connectivity index (χ1n) is 21.4. The van der Waals surface area contributed by atoms with Gasteiger partial charge in [-0.25, -0.2) is 4.98 Å². The quantitative estimate of drug-likeness (QED) is 0.0777. The summed E-state index contributed by atoms with van der Waals surface area (Å²) in [4.78, 5) is 7.54. The lowest BCUT2D eigenvalue weighted by Crippen LogP contribution is -2.23. The fourth-order valence-electron chi connectivity index (χ4n) is 6.94. The van der Waals surface area contributed by atoms with Crippen LogP contribution in [0.5, 0.6) is 0 Å². The maximum atomic E-state index is 5.18. The van der Waals surface area contributed by atoms with Crippen molar-refractivity contribution in [3.8, 4) is 22.4 Å². The molecule has 0 fully saturated rings. The molecule has 59 heavy (non-hydrogen) atoms. The summed E-state index contributed by atoms with van der Waals surface area (Å²) >= 11 is 0. The summed E-state index contributed by atoms with van der Waals surface area (Å²) in [5.74, 6) is 0.960. The summed E-state index contributed by atoms with van der Waals surface area (Å²) in [5.41, 5.74) is 16.4. The van der Waals surface area contributed by atoms with Crippen molar-refractivity contribution in [2.45, 2.75) is 88.5 Å². The van der Waals surface area contributed by atoms with Gasteiger partial charge >= 0.3 is 0 Å². The Hall–Kier alpha value is -5.99. The molecule has 0 amide bonds. The molecule has 1 heterocycles. The minimum atomic E-state index is 0.816. The van der Waals surface area contributed by atoms with E-state index in [1.165, 1.54) is 61.4 Å². The molecule has 0 radical (unpaired) electrons. The van der Waals surface area contributed by atoms with E-state index in [9.17, 15) is 0 Å². The number of allylic oxidation sites excluding steroid dienone is 12. The van der Waals surface area contributed by atoms with Gasteiger partial charge in [0.05, 0.1) is 5.69 Å². The second-order valence-corrected chi connectivity index (χ2v) is 14.4. The lowest BCUT2D eigenvalue weighted by molar-refractivity contribution is 0.982. The molecule has 0 saturated carbocycles. The molecule has 0 N–H and O–H groups in total. The van der Waals surface area contributed by atoms with E-state index in [0.717, 1.165) is 42.9 Å².